The molecule has 29 heavy (non-hydrogen) atoms. The van der Waals surface area contributed by atoms with Crippen molar-refractivity contribution in [2.24, 2.45) is 0 Å². The van der Waals surface area contributed by atoms with Crippen molar-refractivity contribution in [2.75, 3.05) is 25.2 Å². The summed E-state index contributed by atoms with van der Waals surface area (Å²) < 4.78 is 16.2. The highest BCUT2D eigenvalue weighted by Crippen LogP contribution is 2.31. The van der Waals surface area contributed by atoms with Gasteiger partial charge in [-0.25, -0.2) is 4.79 Å². The van der Waals surface area contributed by atoms with E-state index in [2.05, 4.69) is 0 Å². The number of rotatable bonds is 9. The molecule has 156 valence electrons. The number of carbonyl (C=O) groups excluding carboxylic acids is 2. The molecule has 2 atom stereocenters. The average molecular weight is 420 g/mol. The van der Waals surface area contributed by atoms with Crippen molar-refractivity contribution in [3.05, 3.63) is 59.1 Å². The third kappa shape index (κ3) is 5.87. The number of hydrogen-bond acceptors (Lipinski definition) is 6. The predicted molar refractivity (Wildman–Crippen MR) is 112 cm³/mol. The van der Waals surface area contributed by atoms with Crippen molar-refractivity contribution in [3.63, 3.8) is 0 Å². The van der Waals surface area contributed by atoms with Crippen LogP contribution in [0.25, 0.3) is 0 Å². The first-order valence-electron chi connectivity index (χ1n) is 9.41. The summed E-state index contributed by atoms with van der Waals surface area (Å²) in [5.41, 5.74) is 1.42. The second kappa shape index (κ2) is 10.7. The molecule has 0 saturated heterocycles. The minimum atomic E-state index is -0.876. The van der Waals surface area contributed by atoms with Crippen LogP contribution in [-0.4, -0.2) is 38.2 Å². The van der Waals surface area contributed by atoms with Crippen LogP contribution in [-0.2, 0) is 19.1 Å². The van der Waals surface area contributed by atoms with Crippen LogP contribution < -0.4 is 9.64 Å². The second-order valence-electron chi connectivity index (χ2n) is 6.26. The van der Waals surface area contributed by atoms with Crippen molar-refractivity contribution in [1.29, 1.82) is 0 Å². The highest BCUT2D eigenvalue weighted by molar-refractivity contribution is 6.30. The fourth-order valence-electron chi connectivity index (χ4n) is 3.10. The van der Waals surface area contributed by atoms with E-state index >= 15 is 0 Å². The van der Waals surface area contributed by atoms with E-state index in [9.17, 15) is 9.59 Å². The van der Waals surface area contributed by atoms with Crippen LogP contribution in [0.15, 0.2) is 48.5 Å². The lowest BCUT2D eigenvalue weighted by Gasteiger charge is -2.36. The number of methoxy groups -OCH3 is 1. The van der Waals surface area contributed by atoms with Crippen molar-refractivity contribution < 1.29 is 23.8 Å². The highest BCUT2D eigenvalue weighted by atomic mass is 35.5. The van der Waals surface area contributed by atoms with Crippen molar-refractivity contribution in [2.45, 2.75) is 32.9 Å². The lowest BCUT2D eigenvalue weighted by Crippen LogP contribution is -2.47. The largest absolute Gasteiger partial charge is 0.497 e. The van der Waals surface area contributed by atoms with Crippen LogP contribution in [0.3, 0.4) is 0 Å². The topological polar surface area (TPSA) is 65.1 Å². The molecule has 0 radical (unpaired) electrons. The SMILES string of the molecule is CCOC(=O)[C@@H]([C@H](OC(C)=O)c1ccc(Cl)cc1)N(CC)c1ccc(OC)cc1. The van der Waals surface area contributed by atoms with E-state index in [0.29, 0.717) is 22.9 Å². The number of likely N-dealkylation sites (N-methyl/N-ethyl adjacent to an activating group) is 1. The summed E-state index contributed by atoms with van der Waals surface area (Å²) in [4.78, 5) is 26.7. The number of benzene rings is 2. The van der Waals surface area contributed by atoms with Gasteiger partial charge in [0.05, 0.1) is 13.7 Å². The number of anilines is 1. The molecule has 6 nitrogen and oxygen atoms in total. The Morgan fingerprint density at radius 3 is 2.14 bits per heavy atom. The molecule has 7 heteroatoms. The molecule has 0 fully saturated rings. The Kier molecular flexibility index (Phi) is 8.34. The van der Waals surface area contributed by atoms with Gasteiger partial charge in [0.25, 0.3) is 0 Å². The molecular weight excluding hydrogens is 394 g/mol. The zero-order chi connectivity index (χ0) is 21.4. The van der Waals surface area contributed by atoms with E-state index in [1.54, 1.807) is 38.3 Å². The molecule has 0 saturated carbocycles. The Labute approximate surface area is 176 Å². The maximum atomic E-state index is 13.0. The van der Waals surface area contributed by atoms with Crippen molar-refractivity contribution in [3.8, 4) is 5.75 Å². The fraction of sp³-hybridized carbons (Fsp3) is 0.364. The number of hydrogen-bond donors (Lipinski definition) is 0. The summed E-state index contributed by atoms with van der Waals surface area (Å²) in [7, 11) is 1.59. The van der Waals surface area contributed by atoms with Crippen LogP contribution in [0.5, 0.6) is 5.75 Å². The molecule has 0 aliphatic carbocycles. The summed E-state index contributed by atoms with van der Waals surface area (Å²) in [5, 5.41) is 0.547. The zero-order valence-corrected chi connectivity index (χ0v) is 17.8. The molecule has 0 aliphatic heterocycles. The molecule has 2 rings (SSSR count). The number of carbonyl (C=O) groups is 2. The van der Waals surface area contributed by atoms with Crippen LogP contribution in [0.1, 0.15) is 32.4 Å². The molecule has 0 bridgehead atoms. The molecule has 0 aliphatic rings. The Morgan fingerprint density at radius 1 is 1.03 bits per heavy atom. The van der Waals surface area contributed by atoms with Crippen molar-refractivity contribution >= 4 is 29.2 Å². The second-order valence-corrected chi connectivity index (χ2v) is 6.70. The molecule has 0 heterocycles. The maximum Gasteiger partial charge on any atom is 0.333 e. The van der Waals surface area contributed by atoms with Gasteiger partial charge < -0.3 is 19.1 Å². The van der Waals surface area contributed by atoms with Gasteiger partial charge in [-0.05, 0) is 55.8 Å². The Morgan fingerprint density at radius 2 is 1.66 bits per heavy atom. The molecule has 0 aromatic heterocycles. The van der Waals surface area contributed by atoms with Gasteiger partial charge in [-0.1, -0.05) is 23.7 Å². The first-order valence-corrected chi connectivity index (χ1v) is 9.79. The summed E-state index contributed by atoms with van der Waals surface area (Å²) in [6, 6.07) is 13.3. The molecular formula is C22H26ClNO5. The molecule has 2 aromatic rings. The third-order valence-electron chi connectivity index (χ3n) is 4.39. The van der Waals surface area contributed by atoms with E-state index in [-0.39, 0.29) is 6.61 Å². The van der Waals surface area contributed by atoms with Crippen LogP contribution >= 0.6 is 11.6 Å². The standard InChI is InChI=1S/C22H26ClNO5/c1-5-24(18-11-13-19(27-4)14-12-18)20(22(26)28-6-2)21(29-15(3)25)16-7-9-17(23)10-8-16/h7-14,20-21H,5-6H2,1-4H3/t20-,21-/m1/s1. The third-order valence-corrected chi connectivity index (χ3v) is 4.64. The molecule has 0 unspecified atom stereocenters. The summed E-state index contributed by atoms with van der Waals surface area (Å²) in [6.45, 7) is 5.67. The molecule has 2 aromatic carbocycles. The van der Waals surface area contributed by atoms with Gasteiger partial charge in [-0.2, -0.15) is 0 Å². The van der Waals surface area contributed by atoms with Gasteiger partial charge >= 0.3 is 11.9 Å². The lowest BCUT2D eigenvalue weighted by atomic mass is 9.99. The van der Waals surface area contributed by atoms with E-state index in [1.165, 1.54) is 6.92 Å². The lowest BCUT2D eigenvalue weighted by molar-refractivity contribution is -0.156. The van der Waals surface area contributed by atoms with Crippen LogP contribution in [0, 0.1) is 0 Å². The van der Waals surface area contributed by atoms with Gasteiger partial charge in [0.1, 0.15) is 5.75 Å². The first kappa shape index (κ1) is 22.6. The first-order chi connectivity index (χ1) is 13.9. The number of ether oxygens (including phenoxy) is 3. The normalized spacial score (nSPS) is 12.6. The van der Waals surface area contributed by atoms with E-state index in [4.69, 9.17) is 25.8 Å². The minimum absolute atomic E-state index is 0.211. The Hall–Kier alpha value is -2.73. The smallest absolute Gasteiger partial charge is 0.333 e. The van der Waals surface area contributed by atoms with E-state index in [0.717, 1.165) is 5.69 Å². The van der Waals surface area contributed by atoms with Gasteiger partial charge in [0.2, 0.25) is 0 Å². The number of esters is 2. The Balaban J connectivity index is 2.54. The quantitative estimate of drug-likeness (QED) is 0.561. The van der Waals surface area contributed by atoms with Gasteiger partial charge in [-0.15, -0.1) is 0 Å². The summed E-state index contributed by atoms with van der Waals surface area (Å²) in [5.74, 6) is -0.275. The monoisotopic (exact) mass is 419 g/mol. The Bertz CT molecular complexity index is 807. The fourth-order valence-corrected chi connectivity index (χ4v) is 3.23. The van der Waals surface area contributed by atoms with Gasteiger partial charge in [0, 0.05) is 24.2 Å². The summed E-state index contributed by atoms with van der Waals surface area (Å²) in [6.07, 6.45) is -0.870. The molecule has 0 amide bonds. The predicted octanol–water partition coefficient (Wildman–Crippen LogP) is 4.41. The number of halogens is 1. The minimum Gasteiger partial charge on any atom is -0.497 e. The van der Waals surface area contributed by atoms with Crippen LogP contribution in [0.4, 0.5) is 5.69 Å². The van der Waals surface area contributed by atoms with Crippen LogP contribution in [0.2, 0.25) is 5.02 Å². The van der Waals surface area contributed by atoms with Crippen molar-refractivity contribution in [1.82, 2.24) is 0 Å². The van der Waals surface area contributed by atoms with E-state index < -0.39 is 24.1 Å². The van der Waals surface area contributed by atoms with Gasteiger partial charge in [0.15, 0.2) is 12.1 Å². The summed E-state index contributed by atoms with van der Waals surface area (Å²) >= 11 is 6.01. The molecule has 0 spiro atoms. The maximum absolute atomic E-state index is 13.0. The molecule has 0 N–H and O–H groups in total. The highest BCUT2D eigenvalue weighted by Gasteiger charge is 2.38. The number of nitrogens with zero attached hydrogens (tertiary/aromatic N) is 1. The average Bonchev–Trinajstić information content (AvgIpc) is 2.71. The van der Waals surface area contributed by atoms with Gasteiger partial charge in [-0.3, -0.25) is 4.79 Å². The van der Waals surface area contributed by atoms with E-state index in [1.807, 2.05) is 36.1 Å². The zero-order valence-electron chi connectivity index (χ0n) is 17.1.